The molecular weight excluding hydrogens is 770 g/mol. The van der Waals surface area contributed by atoms with Gasteiger partial charge in [-0.1, -0.05) is 202 Å². The summed E-state index contributed by atoms with van der Waals surface area (Å²) in [7, 11) is -4.30. The minimum absolute atomic E-state index is 0.0599. The third-order valence-corrected chi connectivity index (χ3v) is 11.1. The first-order chi connectivity index (χ1) is 29.4. The molecule has 8 nitrogen and oxygen atoms in total. The van der Waals surface area contributed by atoms with E-state index in [-0.39, 0.29) is 32.3 Å². The summed E-state index contributed by atoms with van der Waals surface area (Å²) in [5.74, 6) is -0.355. The van der Waals surface area contributed by atoms with Crippen LogP contribution in [0.1, 0.15) is 206 Å². The molecule has 9 heteroatoms. The molecule has 0 radical (unpaired) electrons. The van der Waals surface area contributed by atoms with Crippen LogP contribution in [-0.2, 0) is 27.9 Å². The van der Waals surface area contributed by atoms with Crippen molar-refractivity contribution in [2.45, 2.75) is 213 Å². The summed E-state index contributed by atoms with van der Waals surface area (Å²) in [6.07, 6.45) is 61.1. The lowest BCUT2D eigenvalue weighted by molar-refractivity contribution is -0.154. The number of hydrogen-bond acceptors (Lipinski definition) is 7. The molecule has 0 rings (SSSR count). The van der Waals surface area contributed by atoms with E-state index in [1.807, 2.05) is 0 Å². The predicted molar refractivity (Wildman–Crippen MR) is 256 cm³/mol. The standard InChI is InChI=1S/C51H92NO7P/c1-3-5-7-9-11-13-15-17-19-21-22-23-24-25-26-27-28-29-30-32-34-36-38-40-42-44-51(53)59-50(49-58-60(54,55)57-47-45-52)48-56-46-43-41-39-37-35-33-31-20-18-16-14-12-10-8-6-4-2/h6,8,12,14,18,20-22,33,35,39,41,50H,3-5,7,9-11,13,15-17,19,23-32,34,36-38,40,42-49,52H2,1-2H3,(H,54,55)/b8-6-,14-12-,20-18-,22-21-,35-33-,41-39-. The van der Waals surface area contributed by atoms with Crippen molar-refractivity contribution in [1.29, 1.82) is 0 Å². The maximum atomic E-state index is 12.6. The van der Waals surface area contributed by atoms with Crippen LogP contribution in [0.25, 0.3) is 0 Å². The second-order valence-corrected chi connectivity index (χ2v) is 17.4. The summed E-state index contributed by atoms with van der Waals surface area (Å²) in [6, 6.07) is 0. The quantitative estimate of drug-likeness (QED) is 0.0269. The van der Waals surface area contributed by atoms with E-state index in [4.69, 9.17) is 24.3 Å². The molecule has 348 valence electrons. The van der Waals surface area contributed by atoms with Gasteiger partial charge in [-0.05, 0) is 70.6 Å². The van der Waals surface area contributed by atoms with Crippen molar-refractivity contribution in [3.8, 4) is 0 Å². The van der Waals surface area contributed by atoms with Gasteiger partial charge in [0.15, 0.2) is 0 Å². The van der Waals surface area contributed by atoms with E-state index in [1.165, 1.54) is 128 Å². The zero-order chi connectivity index (χ0) is 43.7. The Balaban J connectivity index is 4.00. The highest BCUT2D eigenvalue weighted by atomic mass is 31.2. The largest absolute Gasteiger partial charge is 0.472 e. The van der Waals surface area contributed by atoms with E-state index in [1.54, 1.807) is 0 Å². The van der Waals surface area contributed by atoms with Gasteiger partial charge in [-0.15, -0.1) is 0 Å². The molecule has 60 heavy (non-hydrogen) atoms. The number of hydrogen-bond donors (Lipinski definition) is 2. The number of carbonyl (C=O) groups excluding carboxylic acids is 1. The van der Waals surface area contributed by atoms with Crippen LogP contribution in [0.2, 0.25) is 0 Å². The number of allylic oxidation sites excluding steroid dienone is 11. The number of phosphoric acid groups is 1. The van der Waals surface area contributed by atoms with E-state index in [0.717, 1.165) is 51.4 Å². The van der Waals surface area contributed by atoms with Crippen molar-refractivity contribution < 1.29 is 32.8 Å². The predicted octanol–water partition coefficient (Wildman–Crippen LogP) is 15.1. The summed E-state index contributed by atoms with van der Waals surface area (Å²) >= 11 is 0. The zero-order valence-corrected chi connectivity index (χ0v) is 39.6. The molecule has 0 bridgehead atoms. The minimum atomic E-state index is -4.30. The fraction of sp³-hybridized carbons (Fsp3) is 0.745. The summed E-state index contributed by atoms with van der Waals surface area (Å²) in [5, 5.41) is 0. The summed E-state index contributed by atoms with van der Waals surface area (Å²) in [4.78, 5) is 22.5. The maximum Gasteiger partial charge on any atom is 0.472 e. The lowest BCUT2D eigenvalue weighted by Gasteiger charge is -2.19. The lowest BCUT2D eigenvalue weighted by Crippen LogP contribution is -2.28. The van der Waals surface area contributed by atoms with Crippen molar-refractivity contribution in [3.05, 3.63) is 72.9 Å². The fourth-order valence-corrected chi connectivity index (χ4v) is 7.35. The number of rotatable bonds is 46. The Morgan fingerprint density at radius 3 is 1.40 bits per heavy atom. The van der Waals surface area contributed by atoms with Gasteiger partial charge in [-0.2, -0.15) is 0 Å². The number of ether oxygens (including phenoxy) is 2. The average Bonchev–Trinajstić information content (AvgIpc) is 3.24. The first-order valence-corrected chi connectivity index (χ1v) is 25.9. The number of unbranched alkanes of at least 4 members (excludes halogenated alkanes) is 21. The highest BCUT2D eigenvalue weighted by Crippen LogP contribution is 2.43. The van der Waals surface area contributed by atoms with E-state index >= 15 is 0 Å². The fourth-order valence-electron chi connectivity index (χ4n) is 6.59. The van der Waals surface area contributed by atoms with Gasteiger partial charge in [0.25, 0.3) is 0 Å². The Labute approximate surface area is 369 Å². The van der Waals surface area contributed by atoms with Crippen molar-refractivity contribution in [2.75, 3.05) is 33.0 Å². The van der Waals surface area contributed by atoms with Gasteiger partial charge in [-0.3, -0.25) is 13.8 Å². The Kier molecular flexibility index (Phi) is 46.3. The topological polar surface area (TPSA) is 117 Å². The Morgan fingerprint density at radius 2 is 0.933 bits per heavy atom. The monoisotopic (exact) mass is 862 g/mol. The second-order valence-electron chi connectivity index (χ2n) is 15.9. The molecule has 0 aromatic heterocycles. The highest BCUT2D eigenvalue weighted by molar-refractivity contribution is 7.47. The molecule has 2 atom stereocenters. The van der Waals surface area contributed by atoms with Crippen LogP contribution in [0.4, 0.5) is 0 Å². The molecule has 0 saturated carbocycles. The van der Waals surface area contributed by atoms with E-state index < -0.39 is 13.9 Å². The number of esters is 1. The number of carbonyl (C=O) groups is 1. The summed E-state index contributed by atoms with van der Waals surface area (Å²) in [5.41, 5.74) is 5.37. The number of nitrogens with two attached hydrogens (primary N) is 1. The van der Waals surface area contributed by atoms with Gasteiger partial charge in [0, 0.05) is 13.0 Å². The first-order valence-electron chi connectivity index (χ1n) is 24.4. The maximum absolute atomic E-state index is 12.6. The van der Waals surface area contributed by atoms with Gasteiger partial charge in [0.2, 0.25) is 0 Å². The van der Waals surface area contributed by atoms with Crippen LogP contribution in [0.5, 0.6) is 0 Å². The molecule has 0 aliphatic heterocycles. The van der Waals surface area contributed by atoms with Gasteiger partial charge in [-0.25, -0.2) is 4.57 Å². The molecule has 2 unspecified atom stereocenters. The van der Waals surface area contributed by atoms with Crippen LogP contribution in [0, 0.1) is 0 Å². The van der Waals surface area contributed by atoms with Crippen LogP contribution in [0.15, 0.2) is 72.9 Å². The second kappa shape index (κ2) is 48.0. The van der Waals surface area contributed by atoms with Gasteiger partial charge in [0.05, 0.1) is 26.4 Å². The van der Waals surface area contributed by atoms with Crippen molar-refractivity contribution in [1.82, 2.24) is 0 Å². The smallest absolute Gasteiger partial charge is 0.457 e. The van der Waals surface area contributed by atoms with Crippen molar-refractivity contribution >= 4 is 13.8 Å². The van der Waals surface area contributed by atoms with Crippen LogP contribution in [0.3, 0.4) is 0 Å². The molecule has 0 aliphatic rings. The van der Waals surface area contributed by atoms with E-state index in [0.29, 0.717) is 19.4 Å². The Bertz CT molecular complexity index is 1150. The van der Waals surface area contributed by atoms with E-state index in [9.17, 15) is 14.3 Å². The minimum Gasteiger partial charge on any atom is -0.457 e. The molecule has 0 aliphatic carbocycles. The molecule has 0 fully saturated rings. The third kappa shape index (κ3) is 47.0. The Hall–Kier alpha value is -2.06. The van der Waals surface area contributed by atoms with Crippen LogP contribution in [-0.4, -0.2) is 49.9 Å². The summed E-state index contributed by atoms with van der Waals surface area (Å²) < 4.78 is 33.4. The van der Waals surface area contributed by atoms with E-state index in [2.05, 4.69) is 86.8 Å². The molecule has 0 amide bonds. The van der Waals surface area contributed by atoms with Crippen LogP contribution < -0.4 is 5.73 Å². The van der Waals surface area contributed by atoms with Crippen LogP contribution >= 0.6 is 7.82 Å². The SMILES string of the molecule is CC/C=C\C/C=C\C/C=C\C/C=C\C/C=C\CCOCC(COP(=O)(O)OCCN)OC(=O)CCCCCCCCCCCCCCC/C=C\CCCCCCCCCC. The Morgan fingerprint density at radius 1 is 0.517 bits per heavy atom. The normalized spacial score (nSPS) is 14.0. The first kappa shape index (κ1) is 57.9. The van der Waals surface area contributed by atoms with Gasteiger partial charge in [0.1, 0.15) is 6.10 Å². The molecule has 0 heterocycles. The molecular formula is C51H92NO7P. The lowest BCUT2D eigenvalue weighted by atomic mass is 10.0. The van der Waals surface area contributed by atoms with Crippen molar-refractivity contribution in [2.24, 2.45) is 5.73 Å². The molecule has 0 aromatic carbocycles. The molecule has 0 aromatic rings. The van der Waals surface area contributed by atoms with Crippen molar-refractivity contribution in [3.63, 3.8) is 0 Å². The average molecular weight is 862 g/mol. The third-order valence-electron chi connectivity index (χ3n) is 10.1. The summed E-state index contributed by atoms with van der Waals surface area (Å²) in [6.45, 7) is 4.58. The molecule has 0 saturated heterocycles. The highest BCUT2D eigenvalue weighted by Gasteiger charge is 2.25. The molecule has 3 N–H and O–H groups in total. The molecule has 0 spiro atoms. The van der Waals surface area contributed by atoms with Gasteiger partial charge < -0.3 is 20.1 Å². The van der Waals surface area contributed by atoms with Gasteiger partial charge >= 0.3 is 13.8 Å². The zero-order valence-electron chi connectivity index (χ0n) is 38.7. The number of phosphoric ester groups is 1.